The van der Waals surface area contributed by atoms with Gasteiger partial charge in [-0.05, 0) is 42.6 Å². The number of nitrogens with two attached hydrogens (primary N) is 1. The van der Waals surface area contributed by atoms with E-state index in [1.54, 1.807) is 19.4 Å². The number of ether oxygens (including phenoxy) is 1. The fraction of sp³-hybridized carbons (Fsp3) is 0.273. The van der Waals surface area contributed by atoms with Crippen molar-refractivity contribution in [2.24, 2.45) is 0 Å². The van der Waals surface area contributed by atoms with Crippen LogP contribution in [-0.2, 0) is 11.3 Å². The second-order valence-electron chi connectivity index (χ2n) is 7.16. The summed E-state index contributed by atoms with van der Waals surface area (Å²) in [4.78, 5) is 20.6. The topological polar surface area (TPSA) is 84.8 Å². The molecule has 1 fully saturated rings. The number of aromatic nitrogens is 1. The number of pyridine rings is 1. The summed E-state index contributed by atoms with van der Waals surface area (Å²) in [6.07, 6.45) is 3.44. The lowest BCUT2D eigenvalue weighted by Gasteiger charge is -2.33. The molecule has 1 saturated heterocycles. The number of carbonyl (C=O) groups excluding carboxylic acids is 1. The Kier molecular flexibility index (Phi) is 5.96. The van der Waals surface area contributed by atoms with E-state index in [0.29, 0.717) is 16.7 Å². The van der Waals surface area contributed by atoms with Gasteiger partial charge in [-0.1, -0.05) is 0 Å². The second kappa shape index (κ2) is 8.81. The van der Waals surface area contributed by atoms with Gasteiger partial charge >= 0.3 is 0 Å². The molecule has 0 radical (unpaired) electrons. The molecule has 0 bridgehead atoms. The van der Waals surface area contributed by atoms with Gasteiger partial charge in [-0.3, -0.25) is 9.69 Å². The number of amides is 1. The number of piperazine rings is 1. The fourth-order valence-electron chi connectivity index (χ4n) is 3.48. The lowest BCUT2D eigenvalue weighted by molar-refractivity contribution is -0.130. The number of carbonyl (C=O) groups is 1. The Hall–Kier alpha value is -2.97. The van der Waals surface area contributed by atoms with Crippen molar-refractivity contribution in [3.8, 4) is 5.75 Å². The van der Waals surface area contributed by atoms with Gasteiger partial charge in [0.1, 0.15) is 17.2 Å². The van der Waals surface area contributed by atoms with Crippen LogP contribution in [0.4, 0.5) is 5.82 Å². The Labute approximate surface area is 179 Å². The van der Waals surface area contributed by atoms with Crippen molar-refractivity contribution < 1.29 is 13.9 Å². The van der Waals surface area contributed by atoms with E-state index >= 15 is 0 Å². The maximum Gasteiger partial charge on any atom is 0.219 e. The highest BCUT2D eigenvalue weighted by Gasteiger charge is 2.20. The van der Waals surface area contributed by atoms with E-state index in [1.165, 1.54) is 11.8 Å². The van der Waals surface area contributed by atoms with Crippen molar-refractivity contribution in [1.29, 1.82) is 0 Å². The molecule has 3 heterocycles. The number of hydrogen-bond donors (Lipinski definition) is 1. The highest BCUT2D eigenvalue weighted by molar-refractivity contribution is 8.03. The first-order valence-electron chi connectivity index (χ1n) is 9.72. The summed E-state index contributed by atoms with van der Waals surface area (Å²) < 4.78 is 11.6. The Morgan fingerprint density at radius 1 is 1.30 bits per heavy atom. The van der Waals surface area contributed by atoms with Gasteiger partial charge in [-0.15, -0.1) is 0 Å². The Morgan fingerprint density at radius 3 is 2.83 bits per heavy atom. The highest BCUT2D eigenvalue weighted by Crippen LogP contribution is 2.33. The molecule has 0 atom stereocenters. The number of thioether (sulfide) groups is 1. The molecule has 0 spiro atoms. The molecule has 0 aliphatic carbocycles. The van der Waals surface area contributed by atoms with Gasteiger partial charge in [0.15, 0.2) is 5.09 Å². The van der Waals surface area contributed by atoms with Gasteiger partial charge in [0.2, 0.25) is 5.91 Å². The molecule has 0 saturated carbocycles. The molecule has 0 unspecified atom stereocenters. The van der Waals surface area contributed by atoms with Crippen LogP contribution >= 0.6 is 11.8 Å². The molecule has 1 aliphatic heterocycles. The third-order valence-corrected chi connectivity index (χ3v) is 5.97. The monoisotopic (exact) mass is 424 g/mol. The smallest absolute Gasteiger partial charge is 0.219 e. The lowest BCUT2D eigenvalue weighted by Crippen LogP contribution is -2.47. The molecular formula is C22H24N4O3S. The van der Waals surface area contributed by atoms with Gasteiger partial charge in [0, 0.05) is 62.9 Å². The summed E-state index contributed by atoms with van der Waals surface area (Å²) in [5.74, 6) is 1.24. The normalized spacial score (nSPS) is 14.8. The first-order chi connectivity index (χ1) is 14.5. The van der Waals surface area contributed by atoms with Crippen LogP contribution in [0.25, 0.3) is 11.0 Å². The van der Waals surface area contributed by atoms with Crippen LogP contribution < -0.4 is 10.5 Å². The molecule has 1 aliphatic rings. The average Bonchev–Trinajstić information content (AvgIpc) is 3.12. The Bertz CT molecular complexity index is 1070. The summed E-state index contributed by atoms with van der Waals surface area (Å²) in [6, 6.07) is 9.48. The van der Waals surface area contributed by atoms with Gasteiger partial charge in [0.25, 0.3) is 0 Å². The summed E-state index contributed by atoms with van der Waals surface area (Å²) in [7, 11) is 0. The van der Waals surface area contributed by atoms with Crippen molar-refractivity contribution in [3.05, 3.63) is 60.0 Å². The molecule has 2 N–H and O–H groups in total. The zero-order valence-electron chi connectivity index (χ0n) is 16.8. The number of nitrogens with zero attached hydrogens (tertiary/aromatic N) is 3. The number of furan rings is 1. The first-order valence-corrected chi connectivity index (χ1v) is 10.5. The minimum atomic E-state index is 0.141. The molecule has 1 aromatic carbocycles. The minimum Gasteiger partial charge on any atom is -0.464 e. The van der Waals surface area contributed by atoms with Gasteiger partial charge in [-0.25, -0.2) is 4.98 Å². The number of fused-ring (bicyclic) bond motifs is 1. The van der Waals surface area contributed by atoms with E-state index in [9.17, 15) is 4.79 Å². The number of benzene rings is 1. The van der Waals surface area contributed by atoms with Crippen molar-refractivity contribution in [2.45, 2.75) is 18.4 Å². The van der Waals surface area contributed by atoms with Crippen LogP contribution in [0.2, 0.25) is 0 Å². The molecule has 3 aromatic rings. The van der Waals surface area contributed by atoms with E-state index in [-0.39, 0.29) is 5.91 Å². The third-order valence-electron chi connectivity index (χ3n) is 5.09. The Morgan fingerprint density at radius 2 is 2.10 bits per heavy atom. The van der Waals surface area contributed by atoms with Crippen LogP contribution in [-0.4, -0.2) is 46.9 Å². The quantitative estimate of drug-likeness (QED) is 0.477. The summed E-state index contributed by atoms with van der Waals surface area (Å²) in [5, 5.41) is 1.57. The number of hydrogen-bond acceptors (Lipinski definition) is 7. The van der Waals surface area contributed by atoms with E-state index in [0.717, 1.165) is 54.2 Å². The number of nitrogen functional groups attached to an aromatic ring is 1. The highest BCUT2D eigenvalue weighted by atomic mass is 32.2. The van der Waals surface area contributed by atoms with Crippen molar-refractivity contribution in [1.82, 2.24) is 14.8 Å². The van der Waals surface area contributed by atoms with Gasteiger partial charge in [0.05, 0.1) is 11.2 Å². The largest absolute Gasteiger partial charge is 0.464 e. The summed E-state index contributed by atoms with van der Waals surface area (Å²) in [6.45, 7) is 9.64. The van der Waals surface area contributed by atoms with Crippen molar-refractivity contribution in [3.63, 3.8) is 0 Å². The number of rotatable bonds is 6. The van der Waals surface area contributed by atoms with Crippen molar-refractivity contribution >= 4 is 34.5 Å². The SMILES string of the molecule is C=C(Oc1ccc2c(CN3CCN(C(C)=O)CC3)coc2c1)Sc1cccnc1N. The van der Waals surface area contributed by atoms with Crippen LogP contribution in [0.3, 0.4) is 0 Å². The maximum absolute atomic E-state index is 11.5. The van der Waals surface area contributed by atoms with E-state index in [4.69, 9.17) is 14.9 Å². The van der Waals surface area contributed by atoms with Gasteiger partial charge < -0.3 is 19.8 Å². The molecular weight excluding hydrogens is 400 g/mol. The van der Waals surface area contributed by atoms with Crippen molar-refractivity contribution in [2.75, 3.05) is 31.9 Å². The van der Waals surface area contributed by atoms with E-state index in [1.807, 2.05) is 35.2 Å². The fourth-order valence-corrected chi connectivity index (χ4v) is 4.16. The maximum atomic E-state index is 11.5. The van der Waals surface area contributed by atoms with E-state index < -0.39 is 0 Å². The minimum absolute atomic E-state index is 0.141. The molecule has 4 rings (SSSR count). The zero-order valence-corrected chi connectivity index (χ0v) is 17.7. The van der Waals surface area contributed by atoms with Crippen LogP contribution in [0, 0.1) is 0 Å². The van der Waals surface area contributed by atoms with E-state index in [2.05, 4.69) is 16.5 Å². The predicted molar refractivity (Wildman–Crippen MR) is 118 cm³/mol. The zero-order chi connectivity index (χ0) is 21.1. The summed E-state index contributed by atoms with van der Waals surface area (Å²) in [5.41, 5.74) is 7.77. The second-order valence-corrected chi connectivity index (χ2v) is 8.26. The molecule has 2 aromatic heterocycles. The Balaban J connectivity index is 1.39. The lowest BCUT2D eigenvalue weighted by atomic mass is 10.1. The molecule has 156 valence electrons. The standard InChI is InChI=1S/C22H24N4O3S/c1-15(27)26-10-8-25(9-11-26)13-17-14-28-20-12-18(5-6-19(17)20)29-16(2)30-21-4-3-7-24-22(21)23/h3-7,12,14H,2,8-11,13H2,1H3,(H2,23,24). The predicted octanol–water partition coefficient (Wildman–Crippen LogP) is 3.72. The summed E-state index contributed by atoms with van der Waals surface area (Å²) >= 11 is 1.33. The molecule has 30 heavy (non-hydrogen) atoms. The molecule has 1 amide bonds. The molecule has 8 heteroatoms. The third kappa shape index (κ3) is 4.60. The first kappa shape index (κ1) is 20.3. The molecule has 7 nitrogen and oxygen atoms in total. The van der Waals surface area contributed by atoms with Crippen LogP contribution in [0.1, 0.15) is 12.5 Å². The average molecular weight is 425 g/mol. The van der Waals surface area contributed by atoms with Gasteiger partial charge in [-0.2, -0.15) is 0 Å². The van der Waals surface area contributed by atoms with Crippen LogP contribution in [0.15, 0.2) is 63.8 Å². The number of anilines is 1. The van der Waals surface area contributed by atoms with Crippen LogP contribution in [0.5, 0.6) is 5.75 Å².